The molecule has 16 nitrogen and oxygen atoms in total. The minimum Gasteiger partial charge on any atom is -0.380 e. The van der Waals surface area contributed by atoms with Crippen LogP contribution in [0.3, 0.4) is 0 Å². The lowest BCUT2D eigenvalue weighted by atomic mass is 9.73. The summed E-state index contributed by atoms with van der Waals surface area (Å²) in [7, 11) is -11.1. The highest BCUT2D eigenvalue weighted by Crippen LogP contribution is 2.43. The lowest BCUT2D eigenvalue weighted by molar-refractivity contribution is -0.133. The number of nitrogens with zero attached hydrogens (tertiary/aromatic N) is 5. The summed E-state index contributed by atoms with van der Waals surface area (Å²) in [4.78, 5) is 49.1. The number of hydrogen-bond acceptors (Lipinski definition) is 15. The van der Waals surface area contributed by atoms with Gasteiger partial charge in [-0.1, -0.05) is 61.4 Å². The van der Waals surface area contributed by atoms with E-state index in [4.69, 9.17) is 11.6 Å². The molecule has 3 fully saturated rings. The summed E-state index contributed by atoms with van der Waals surface area (Å²) in [5.41, 5.74) is -0.755. The van der Waals surface area contributed by atoms with Crippen LogP contribution in [0.4, 0.5) is 34.6 Å². The van der Waals surface area contributed by atoms with E-state index in [2.05, 4.69) is 66.5 Å². The fraction of sp³-hybridized carbons (Fsp3) is 0.414. The molecule has 3 saturated heterocycles. The molecule has 4 heterocycles. The molecule has 3 amide bonds. The number of nitrogens with one attached hydrogen (secondary N) is 4. The van der Waals surface area contributed by atoms with Crippen LogP contribution in [0.15, 0.2) is 130 Å². The van der Waals surface area contributed by atoms with Gasteiger partial charge in [0.25, 0.3) is 25.8 Å². The zero-order valence-corrected chi connectivity index (χ0v) is 48.7. The van der Waals surface area contributed by atoms with Crippen LogP contribution in [-0.4, -0.2) is 143 Å². The molecular formula is C58H66ClF4N9O7S3. The molecular weight excluding hydrogens is 1140 g/mol. The van der Waals surface area contributed by atoms with Crippen molar-refractivity contribution in [2.24, 2.45) is 5.41 Å². The van der Waals surface area contributed by atoms with E-state index in [1.54, 1.807) is 12.1 Å². The molecule has 0 saturated carbocycles. The number of imide groups is 1. The molecule has 4 aliphatic rings. The number of hydrogen-bond donors (Lipinski definition) is 4. The predicted octanol–water partition coefficient (Wildman–Crippen LogP) is 9.07. The lowest BCUT2D eigenvalue weighted by Gasteiger charge is -2.39. The largest absolute Gasteiger partial charge is 0.501 e. The second kappa shape index (κ2) is 25.8. The zero-order chi connectivity index (χ0) is 58.4. The first-order valence-electron chi connectivity index (χ1n) is 27.2. The quantitative estimate of drug-likeness (QED) is 0.0327. The van der Waals surface area contributed by atoms with Gasteiger partial charge in [-0.25, -0.2) is 25.9 Å². The standard InChI is InChI=1S/C58H66ClF4N9O7S3/c1-57(2)22-20-48(39-8-12-42(59)13-9-39)41(34-57)36-70-28-30-72(31-29-70)45-14-10-40(11-15-45)55(74)68-82(78,79)47-16-17-50(53(33-47)81(76,77)58(61,62)63)65-43(38-80-46-6-4-3-5-7-46)21-23-69-24-26-71(27-25-69)37-44-32-49(60)52(35-64-44)66-51-18-19-54(73)67-56(51)75/h3-17,32-33,35,43,51,65-66H,18-31,34,36-38H2,1-2H3,(H,68,74)(H,67,73,75)/t43-,51?/m1/s1. The topological polar surface area (TPSA) is 193 Å². The van der Waals surface area contributed by atoms with Crippen molar-refractivity contribution in [3.63, 3.8) is 0 Å². The third kappa shape index (κ3) is 15.4. The number of rotatable bonds is 20. The van der Waals surface area contributed by atoms with Crippen molar-refractivity contribution in [1.29, 1.82) is 0 Å². The number of piperazine rings is 2. The van der Waals surface area contributed by atoms with Crippen molar-refractivity contribution in [1.82, 2.24) is 29.7 Å². The fourth-order valence-electron chi connectivity index (χ4n) is 10.7. The van der Waals surface area contributed by atoms with Crippen LogP contribution in [0.1, 0.15) is 74.0 Å². The van der Waals surface area contributed by atoms with E-state index in [1.165, 1.54) is 52.9 Å². The van der Waals surface area contributed by atoms with Crippen molar-refractivity contribution in [2.45, 2.75) is 91.2 Å². The number of carbonyl (C=O) groups is 3. The molecule has 0 radical (unpaired) electrons. The summed E-state index contributed by atoms with van der Waals surface area (Å²) >= 11 is 7.61. The van der Waals surface area contributed by atoms with Gasteiger partial charge in [-0.05, 0) is 121 Å². The Kier molecular flexibility index (Phi) is 19.1. The van der Waals surface area contributed by atoms with Crippen molar-refractivity contribution in [2.75, 3.05) is 86.7 Å². The Morgan fingerprint density at radius 1 is 0.829 bits per heavy atom. The Morgan fingerprint density at radius 2 is 1.50 bits per heavy atom. The van der Waals surface area contributed by atoms with Gasteiger partial charge in [0, 0.05) is 111 Å². The second-order valence-corrected chi connectivity index (χ2v) is 27.1. The molecule has 82 heavy (non-hydrogen) atoms. The van der Waals surface area contributed by atoms with Crippen LogP contribution in [-0.2, 0) is 36.0 Å². The molecule has 1 aliphatic carbocycles. The summed E-state index contributed by atoms with van der Waals surface area (Å²) in [6, 6.07) is 25.9. The van der Waals surface area contributed by atoms with Gasteiger partial charge in [-0.15, -0.1) is 11.8 Å². The number of piperidine rings is 1. The first-order valence-corrected chi connectivity index (χ1v) is 31.5. The summed E-state index contributed by atoms with van der Waals surface area (Å²) in [5.74, 6) is -2.28. The van der Waals surface area contributed by atoms with Crippen molar-refractivity contribution in [3.05, 3.63) is 143 Å². The van der Waals surface area contributed by atoms with E-state index in [0.717, 1.165) is 61.6 Å². The summed E-state index contributed by atoms with van der Waals surface area (Å²) < 4.78 is 115. The number of sulfone groups is 1. The van der Waals surface area contributed by atoms with Gasteiger partial charge in [0.15, 0.2) is 0 Å². The van der Waals surface area contributed by atoms with E-state index < -0.39 is 70.6 Å². The minimum absolute atomic E-state index is 0.0330. The number of thioether (sulfide) groups is 1. The average molecular weight is 1210 g/mol. The van der Waals surface area contributed by atoms with Gasteiger partial charge < -0.3 is 20.4 Å². The van der Waals surface area contributed by atoms with Crippen molar-refractivity contribution >= 4 is 83.6 Å². The molecule has 438 valence electrons. The van der Waals surface area contributed by atoms with E-state index in [1.807, 2.05) is 47.2 Å². The Balaban J connectivity index is 0.823. The molecule has 1 unspecified atom stereocenters. The van der Waals surface area contributed by atoms with Crippen LogP contribution >= 0.6 is 23.4 Å². The van der Waals surface area contributed by atoms with Crippen LogP contribution in [0, 0.1) is 11.2 Å². The number of pyridine rings is 1. The molecule has 1 aromatic heterocycles. The average Bonchev–Trinajstić information content (AvgIpc) is 3.19. The monoisotopic (exact) mass is 1210 g/mol. The number of alkyl halides is 3. The number of amides is 3. The summed E-state index contributed by atoms with van der Waals surface area (Å²) in [6.45, 7) is 11.6. The first-order chi connectivity index (χ1) is 39.0. The van der Waals surface area contributed by atoms with Gasteiger partial charge in [-0.3, -0.25) is 34.5 Å². The first kappa shape index (κ1) is 60.5. The number of allylic oxidation sites excluding steroid dienone is 1. The highest BCUT2D eigenvalue weighted by molar-refractivity contribution is 7.99. The highest BCUT2D eigenvalue weighted by atomic mass is 35.5. The number of anilines is 3. The smallest absolute Gasteiger partial charge is 0.380 e. The zero-order valence-electron chi connectivity index (χ0n) is 45.5. The van der Waals surface area contributed by atoms with Gasteiger partial charge >= 0.3 is 5.51 Å². The molecule has 24 heteroatoms. The fourth-order valence-corrected chi connectivity index (χ4v) is 13.9. The molecule has 0 bridgehead atoms. The number of carbonyl (C=O) groups excluding carboxylic acids is 3. The van der Waals surface area contributed by atoms with E-state index in [0.29, 0.717) is 75.6 Å². The van der Waals surface area contributed by atoms with E-state index >= 15 is 4.39 Å². The van der Waals surface area contributed by atoms with Crippen LogP contribution in [0.2, 0.25) is 5.02 Å². The van der Waals surface area contributed by atoms with Crippen molar-refractivity contribution in [3.8, 4) is 0 Å². The Labute approximate surface area is 485 Å². The Morgan fingerprint density at radius 3 is 2.17 bits per heavy atom. The van der Waals surface area contributed by atoms with Crippen molar-refractivity contribution < 1.29 is 48.8 Å². The Bertz CT molecular complexity index is 3380. The maximum atomic E-state index is 15.1. The normalized spacial score (nSPS) is 19.2. The molecule has 4 aromatic carbocycles. The highest BCUT2D eigenvalue weighted by Gasteiger charge is 2.48. The third-order valence-corrected chi connectivity index (χ3v) is 19.7. The molecule has 4 N–H and O–H groups in total. The van der Waals surface area contributed by atoms with Crippen LogP contribution < -0.4 is 25.6 Å². The molecule has 0 spiro atoms. The summed E-state index contributed by atoms with van der Waals surface area (Å²) in [6.07, 6.45) is 5.13. The predicted molar refractivity (Wildman–Crippen MR) is 310 cm³/mol. The number of benzene rings is 4. The van der Waals surface area contributed by atoms with Crippen LogP contribution in [0.25, 0.3) is 5.57 Å². The molecule has 5 aromatic rings. The minimum atomic E-state index is -6.15. The second-order valence-electron chi connectivity index (χ2n) is 22.0. The third-order valence-electron chi connectivity index (χ3n) is 15.4. The lowest BCUT2D eigenvalue weighted by Crippen LogP contribution is -2.47. The van der Waals surface area contributed by atoms with E-state index in [-0.39, 0.29) is 41.2 Å². The SMILES string of the molecule is CC1(C)CCC(c2ccc(Cl)cc2)=C(CN2CCN(c3ccc(C(=O)NS(=O)(=O)c4ccc(N[C@H](CCN5CCN(Cc6cc(F)c(NC7CCC(=O)NC7=O)cn6)CC5)CSc5ccccc5)c(S(=O)(=O)C(F)(F)F)c4)cc3)CC2)C1. The van der Waals surface area contributed by atoms with Gasteiger partial charge in [-0.2, -0.15) is 13.2 Å². The van der Waals surface area contributed by atoms with Crippen LogP contribution in [0.5, 0.6) is 0 Å². The van der Waals surface area contributed by atoms with E-state index in [9.17, 15) is 44.4 Å². The van der Waals surface area contributed by atoms with Gasteiger partial charge in [0.05, 0.1) is 28.2 Å². The van der Waals surface area contributed by atoms with Gasteiger partial charge in [0.1, 0.15) is 16.8 Å². The number of halogens is 5. The molecule has 3 aliphatic heterocycles. The number of sulfonamides is 1. The van der Waals surface area contributed by atoms with Gasteiger partial charge in [0.2, 0.25) is 11.8 Å². The summed E-state index contributed by atoms with van der Waals surface area (Å²) in [5, 5.41) is 8.76. The maximum absolute atomic E-state index is 15.1. The maximum Gasteiger partial charge on any atom is 0.501 e. The molecule has 9 rings (SSSR count). The number of aromatic nitrogens is 1. The Hall–Kier alpha value is -6.08. The molecule has 2 atom stereocenters.